The molecule has 3 aliphatic rings. The Labute approximate surface area is 584 Å². The van der Waals surface area contributed by atoms with Crippen LogP contribution in [0.2, 0.25) is 0 Å². The number of benzene rings is 3. The Morgan fingerprint density at radius 1 is 0.606 bits per heavy atom. The number of anilines is 1. The predicted octanol–water partition coefficient (Wildman–Crippen LogP) is 12.8. The maximum absolute atomic E-state index is 13.2. The van der Waals surface area contributed by atoms with E-state index >= 15 is 0 Å². The summed E-state index contributed by atoms with van der Waals surface area (Å²) in [5.74, 6) is -3.88. The first kappa shape index (κ1) is 80.2. The van der Waals surface area contributed by atoms with Crippen molar-refractivity contribution in [2.45, 2.75) is 218 Å². The second-order valence-corrected chi connectivity index (χ2v) is 30.5. The zero-order valence-corrected chi connectivity index (χ0v) is 59.7. The van der Waals surface area contributed by atoms with E-state index in [0.29, 0.717) is 95.4 Å². The van der Waals surface area contributed by atoms with E-state index in [1.54, 1.807) is 0 Å². The van der Waals surface area contributed by atoms with Crippen LogP contribution < -0.4 is 25.6 Å². The number of carboxylic acids is 3. The zero-order chi connectivity index (χ0) is 72.2. The van der Waals surface area contributed by atoms with Crippen molar-refractivity contribution in [3.05, 3.63) is 136 Å². The number of ketones is 2. The molecule has 542 valence electrons. The summed E-state index contributed by atoms with van der Waals surface area (Å²) in [4.78, 5) is 87.1. The van der Waals surface area contributed by atoms with E-state index < -0.39 is 67.0 Å². The fourth-order valence-electron chi connectivity index (χ4n) is 13.2. The molecule has 0 radical (unpaired) electrons. The molecule has 3 aromatic carbocycles. The van der Waals surface area contributed by atoms with Crippen molar-refractivity contribution in [3.8, 4) is 5.75 Å². The number of nitrogens with zero attached hydrogens (tertiary/aromatic N) is 2. The molecule has 2 heterocycles. The van der Waals surface area contributed by atoms with E-state index in [0.717, 1.165) is 115 Å². The molecule has 6 rings (SSSR count). The smallest absolute Gasteiger partial charge is 0.326 e. The molecule has 1 unspecified atom stereocenters. The third kappa shape index (κ3) is 26.7. The molecule has 1 aliphatic carbocycles. The molecule has 8 N–H and O–H groups in total. The van der Waals surface area contributed by atoms with E-state index in [-0.39, 0.29) is 80.5 Å². The van der Waals surface area contributed by atoms with Crippen LogP contribution in [0.1, 0.15) is 211 Å². The quantitative estimate of drug-likeness (QED) is 0.0148. The molecular weight excluding hydrogens is 1310 g/mol. The third-order valence-corrected chi connectivity index (χ3v) is 20.3. The molecule has 0 aromatic heterocycles. The topological polar surface area (TPSA) is 340 Å². The number of aliphatic carboxylic acids is 3. The van der Waals surface area contributed by atoms with E-state index in [4.69, 9.17) is 9.84 Å². The minimum absolute atomic E-state index is 0.00500. The maximum Gasteiger partial charge on any atom is 0.326 e. The van der Waals surface area contributed by atoms with Gasteiger partial charge in [-0.25, -0.2) is 9.59 Å². The number of ether oxygens (including phenoxy) is 1. The van der Waals surface area contributed by atoms with Gasteiger partial charge in [0.25, 0.3) is 20.2 Å². The number of nitrogens with one attached hydrogen (secondary N) is 3. The fourth-order valence-corrected chi connectivity index (χ4v) is 14.4. The van der Waals surface area contributed by atoms with E-state index in [1.807, 2.05) is 48.5 Å². The van der Waals surface area contributed by atoms with Crippen LogP contribution in [0.5, 0.6) is 5.75 Å². The van der Waals surface area contributed by atoms with Crippen LogP contribution in [0.4, 0.5) is 16.2 Å². The number of carboxylic acid groups (broad SMARTS) is 3. The van der Waals surface area contributed by atoms with Crippen LogP contribution in [-0.2, 0) is 66.3 Å². The Bertz CT molecular complexity index is 3680. The van der Waals surface area contributed by atoms with Crippen molar-refractivity contribution < 1.29 is 84.1 Å². The van der Waals surface area contributed by atoms with E-state index in [9.17, 15) is 69.7 Å². The van der Waals surface area contributed by atoms with Crippen LogP contribution >= 0.6 is 0 Å². The van der Waals surface area contributed by atoms with Crippen molar-refractivity contribution in [3.63, 3.8) is 0 Å². The SMILES string of the molecule is CC1(C)C(=CC=C2CCCC(C=CC3=[N+](CCCCS(=O)(=O)O)c4ccccc4C3(C)C)=C2Oc2ccc(CC(CC(=O)CCCCCCCNC(=O)CCCCCCCCC(=O)CC[C@H](NC(=O)NCCCC(=O)O)C(=O)O)C(=O)O)cc2)N(CCCCS(=O)(=O)O)c2ccccc21. The second-order valence-electron chi connectivity index (χ2n) is 27.3. The number of allylic oxidation sites excluding steroid dienone is 7. The number of para-hydroxylation sites is 2. The molecule has 3 amide bonds. The minimum atomic E-state index is -4.12. The minimum Gasteiger partial charge on any atom is -0.481 e. The molecule has 24 heteroatoms. The van der Waals surface area contributed by atoms with Gasteiger partial charge in [-0.1, -0.05) is 113 Å². The highest BCUT2D eigenvalue weighted by atomic mass is 32.2. The molecule has 0 bridgehead atoms. The van der Waals surface area contributed by atoms with Gasteiger partial charge in [0.1, 0.15) is 35.7 Å². The summed E-state index contributed by atoms with van der Waals surface area (Å²) < 4.78 is 74.8. The first-order chi connectivity index (χ1) is 47.0. The van der Waals surface area contributed by atoms with Crippen molar-refractivity contribution in [2.24, 2.45) is 5.92 Å². The lowest BCUT2D eigenvalue weighted by Gasteiger charge is -2.27. The number of hydrogen-bond acceptors (Lipinski definition) is 13. The second kappa shape index (κ2) is 39.3. The number of amides is 3. The van der Waals surface area contributed by atoms with E-state index in [2.05, 4.69) is 102 Å². The van der Waals surface area contributed by atoms with Crippen LogP contribution in [0.3, 0.4) is 0 Å². The summed E-state index contributed by atoms with van der Waals surface area (Å²) >= 11 is 0. The number of carbonyl (C=O) groups excluding carboxylic acids is 4. The van der Waals surface area contributed by atoms with Crippen molar-refractivity contribution in [2.75, 3.05) is 42.6 Å². The average Bonchev–Trinajstić information content (AvgIpc) is 1.61. The largest absolute Gasteiger partial charge is 0.481 e. The third-order valence-electron chi connectivity index (χ3n) is 18.7. The van der Waals surface area contributed by atoms with Gasteiger partial charge >= 0.3 is 23.9 Å². The normalized spacial score (nSPS) is 16.4. The van der Waals surface area contributed by atoms with Gasteiger partial charge in [0.15, 0.2) is 5.71 Å². The molecule has 99 heavy (non-hydrogen) atoms. The molecule has 22 nitrogen and oxygen atoms in total. The summed E-state index contributed by atoms with van der Waals surface area (Å²) in [5.41, 5.74) is 8.16. The molecule has 0 spiro atoms. The number of Topliss-reactive ketones (excluding diaryl/α,β-unsaturated/α-hetero) is 2. The molecule has 0 fully saturated rings. The molecule has 2 aliphatic heterocycles. The molecular formula is C75H104N5O17S2+. The Hall–Kier alpha value is -7.80. The average molecular weight is 1410 g/mol. The Kier molecular flexibility index (Phi) is 31.8. The highest BCUT2D eigenvalue weighted by molar-refractivity contribution is 7.86. The summed E-state index contributed by atoms with van der Waals surface area (Å²) in [6.45, 7) is 10.4. The number of unbranched alkanes of at least 4 members (excludes halogenated alkanes) is 11. The van der Waals surface area contributed by atoms with Crippen molar-refractivity contribution in [1.82, 2.24) is 16.0 Å². The van der Waals surface area contributed by atoms with Gasteiger partial charge in [0, 0.05) is 99.1 Å². The van der Waals surface area contributed by atoms with Crippen molar-refractivity contribution >= 4 is 78.7 Å². The summed E-state index contributed by atoms with van der Waals surface area (Å²) in [6, 6.07) is 21.7. The number of rotatable bonds is 46. The van der Waals surface area contributed by atoms with Crippen LogP contribution in [-0.4, -0.2) is 137 Å². The number of hydrogen-bond donors (Lipinski definition) is 8. The monoisotopic (exact) mass is 1410 g/mol. The van der Waals surface area contributed by atoms with Crippen LogP contribution in [0.25, 0.3) is 0 Å². The number of urea groups is 1. The van der Waals surface area contributed by atoms with Crippen LogP contribution in [0, 0.1) is 5.92 Å². The first-order valence-electron chi connectivity index (χ1n) is 35.2. The highest BCUT2D eigenvalue weighted by Gasteiger charge is 2.44. The molecule has 0 saturated heterocycles. The predicted molar refractivity (Wildman–Crippen MR) is 382 cm³/mol. The van der Waals surface area contributed by atoms with Gasteiger partial charge in [-0.15, -0.1) is 0 Å². The standard InChI is InChI=1S/C75H103N5O17S2/c1-74(2)61-30-15-17-32-64(61)79(48-20-22-50-98(91,92)93)66(74)44-38-55-26-24-27-56(39-45-67-75(3,4)62-31-16-18-33-65(62)80(67)49-21-23-51-99(94,95)96)70(55)97-60-41-36-54(37-42-60)52-57(71(86)87)53-59(82)29-13-9-7-11-19-46-76-68(83)34-14-10-6-5-8-12-28-58(81)40-43-63(72(88)89)78-73(90)77-47-25-35-69(84)85/h15-18,30-33,36-39,41-42,44-45,57,63H,5-14,19-29,34-35,40,43,46-53H2,1-4H3,(H7-,76,77,78,83,84,85,86,87,88,89,90,91,92,93,94,95,96)/p+1/t57?,63-/m0/s1. The first-order valence-corrected chi connectivity index (χ1v) is 38.4. The van der Waals surface area contributed by atoms with Gasteiger partial charge in [0.2, 0.25) is 11.6 Å². The number of carbonyl (C=O) groups is 7. The van der Waals surface area contributed by atoms with Gasteiger partial charge in [-0.05, 0) is 150 Å². The van der Waals surface area contributed by atoms with Gasteiger partial charge in [-0.3, -0.25) is 33.1 Å². The van der Waals surface area contributed by atoms with Gasteiger partial charge in [0.05, 0.1) is 22.8 Å². The lowest BCUT2D eigenvalue weighted by molar-refractivity contribution is -0.438. The highest BCUT2D eigenvalue weighted by Crippen LogP contribution is 2.48. The molecule has 2 atom stereocenters. The van der Waals surface area contributed by atoms with E-state index in [1.165, 1.54) is 0 Å². The number of fused-ring (bicyclic) bond motifs is 2. The lowest BCUT2D eigenvalue weighted by atomic mass is 9.81. The Morgan fingerprint density at radius 2 is 1.21 bits per heavy atom. The Morgan fingerprint density at radius 3 is 1.87 bits per heavy atom. The van der Waals surface area contributed by atoms with Gasteiger partial charge < -0.3 is 40.9 Å². The Balaban J connectivity index is 0.988. The van der Waals surface area contributed by atoms with Crippen LogP contribution in [0.15, 0.2) is 120 Å². The molecule has 3 aromatic rings. The summed E-state index contributed by atoms with van der Waals surface area (Å²) in [5, 5.41) is 36.2. The molecule has 0 saturated carbocycles. The maximum atomic E-state index is 13.2. The van der Waals surface area contributed by atoms with Crippen molar-refractivity contribution in [1.29, 1.82) is 0 Å². The summed E-state index contributed by atoms with van der Waals surface area (Å²) in [6.07, 6.45) is 22.3. The zero-order valence-electron chi connectivity index (χ0n) is 58.1. The van der Waals surface area contributed by atoms with Gasteiger partial charge in [-0.2, -0.15) is 21.4 Å². The summed E-state index contributed by atoms with van der Waals surface area (Å²) in [7, 11) is -8.23. The fraction of sp³-hybridized carbons (Fsp3) is 0.547. The lowest BCUT2D eigenvalue weighted by Crippen LogP contribution is -2.46.